The third kappa shape index (κ3) is 31.4. The summed E-state index contributed by atoms with van der Waals surface area (Å²) in [7, 11) is 0. The summed E-state index contributed by atoms with van der Waals surface area (Å²) < 4.78 is 43.9. The average Bonchev–Trinajstić information content (AvgIpc) is 1.65. The van der Waals surface area contributed by atoms with Crippen LogP contribution in [0.15, 0.2) is 296 Å². The summed E-state index contributed by atoms with van der Waals surface area (Å²) in [4.78, 5) is 0. The molecule has 9 heterocycles. The summed E-state index contributed by atoms with van der Waals surface area (Å²) in [5.74, 6) is -0.510. The molecule has 0 saturated heterocycles. The van der Waals surface area contributed by atoms with E-state index in [4.69, 9.17) is 11.6 Å². The van der Waals surface area contributed by atoms with E-state index in [-0.39, 0.29) is 60.4 Å². The van der Waals surface area contributed by atoms with Gasteiger partial charge < -0.3 is 0 Å². The highest BCUT2D eigenvalue weighted by atomic mass is 35.5. The first-order valence-corrected chi connectivity index (χ1v) is 47.2. The van der Waals surface area contributed by atoms with Crippen molar-refractivity contribution in [2.45, 2.75) is 256 Å². The average molecular weight is 1920 g/mol. The van der Waals surface area contributed by atoms with Crippen molar-refractivity contribution >= 4 is 11.6 Å². The lowest BCUT2D eigenvalue weighted by Gasteiger charge is -2.23. The van der Waals surface area contributed by atoms with Crippen LogP contribution in [-0.2, 0) is 48.7 Å². The molecule has 0 spiro atoms. The van der Waals surface area contributed by atoms with E-state index < -0.39 is 0 Å². The van der Waals surface area contributed by atoms with E-state index in [0.29, 0.717) is 5.69 Å². The van der Waals surface area contributed by atoms with Crippen LogP contribution in [0.4, 0.5) is 8.78 Å². The summed E-state index contributed by atoms with van der Waals surface area (Å²) >= 11 is 6.20. The SMILES string of the molecule is CC(C)(C)c1cc(-n2cnnc2)ccc1Cl.CC(C)(C)c1cc(F)cc(-n2cnnc2)c1.CC(C)(C)c1ccc(-n2cnnc2)cc1.CC(C)(C)c1ccc(F)c(-n2cnnc2)c1.CC(C)(C)c1cccc(-n2cnnc2)c1.CC(C)(C)c1ccccc1-n1cnnc1.Cc1c(-n2cnnc2)cccc1C(C)(C)C.Cc1cc(-n2cnnc2)cc(C(C)(C)C)c1.Cc1ccc(C(C)(C)C)cc1-n1cnnc1. The fraction of sp³-hybridized carbons (Fsp3) is 0.351. The maximum Gasteiger partial charge on any atom is 0.147 e. The minimum absolute atomic E-state index is 0.00351. The second-order valence-corrected chi connectivity index (χ2v) is 44.1. The highest BCUT2D eigenvalue weighted by Crippen LogP contribution is 2.36. The fourth-order valence-electron chi connectivity index (χ4n) is 14.6. The number of rotatable bonds is 9. The van der Waals surface area contributed by atoms with Crippen molar-refractivity contribution in [3.05, 3.63) is 379 Å². The van der Waals surface area contributed by atoms with E-state index in [1.54, 1.807) is 116 Å². The molecule has 0 aliphatic rings. The van der Waals surface area contributed by atoms with Gasteiger partial charge in [0.15, 0.2) is 0 Å². The normalized spacial score (nSPS) is 11.7. The predicted molar refractivity (Wildman–Crippen MR) is 560 cm³/mol. The second kappa shape index (κ2) is 46.4. The highest BCUT2D eigenvalue weighted by molar-refractivity contribution is 6.31. The van der Waals surface area contributed by atoms with Gasteiger partial charge in [-0.2, -0.15) is 0 Å². The molecule has 0 atom stereocenters. The zero-order valence-corrected chi connectivity index (χ0v) is 88.2. The van der Waals surface area contributed by atoms with Crippen molar-refractivity contribution < 1.29 is 8.78 Å². The van der Waals surface area contributed by atoms with Gasteiger partial charge in [0.25, 0.3) is 0 Å². The van der Waals surface area contributed by atoms with Gasteiger partial charge in [-0.3, -0.25) is 41.1 Å². The molecule has 0 amide bonds. The molecule has 30 heteroatoms. The van der Waals surface area contributed by atoms with Crippen LogP contribution in [0, 0.1) is 32.4 Å². The van der Waals surface area contributed by atoms with Crippen molar-refractivity contribution in [1.82, 2.24) is 133 Å². The number of hydrogen-bond donors (Lipinski definition) is 0. The van der Waals surface area contributed by atoms with E-state index in [0.717, 1.165) is 67.2 Å². The minimum Gasteiger partial charge on any atom is -0.288 e. The molecule has 0 saturated carbocycles. The number of aryl methyl sites for hydroxylation is 2. The summed E-state index contributed by atoms with van der Waals surface area (Å²) in [6.07, 6.45) is 30.1. The standard InChI is InChI=1S/3C13H17N3.C12H14ClN3.2C12H14FN3.3C12H15N3/c1-10-5-11(13(2,3)4)7-12(6-10)16-8-14-15-9-16;1-10-5-6-11(13(2,3)4)7-12(10)16-8-14-15-9-16;1-10-11(13(2,3)4)6-5-7-12(10)16-8-14-15-9-16;1-12(2,3)10-6-9(4-5-11(10)13)16-7-14-15-8-16;1-12(2,3)9-4-10(13)6-11(5-9)16-7-14-15-8-16;1-12(2,3)9-4-5-10(13)11(6-9)16-7-14-15-8-16;1-12(2,3)10-4-6-11(7-5-10)15-8-13-14-9-15;1-12(2,3)10-5-4-6-11(7-10)15-8-13-14-9-15;1-12(2,3)10-6-4-5-7-11(10)15-8-13-14-9-15/h3*5-9H,1-4H3;3*4-8H,1-3H3;3*4-9H,1-3H3. The summed E-state index contributed by atoms with van der Waals surface area (Å²) in [5.41, 5.74) is 24.8. The molecular weight excluding hydrogens is 1780 g/mol. The lowest BCUT2D eigenvalue weighted by molar-refractivity contribution is 0.571. The Bertz CT molecular complexity index is 6560. The van der Waals surface area contributed by atoms with Crippen LogP contribution in [0.3, 0.4) is 0 Å². The van der Waals surface area contributed by atoms with Gasteiger partial charge >= 0.3 is 0 Å². The Morgan fingerprint density at radius 1 is 0.206 bits per heavy atom. The van der Waals surface area contributed by atoms with E-state index in [9.17, 15) is 8.78 Å². The Hall–Kier alpha value is -14.6. The quantitative estimate of drug-likeness (QED) is 0.130. The summed E-state index contributed by atoms with van der Waals surface area (Å²) in [6.45, 7) is 65.1. The molecule has 27 nitrogen and oxygen atoms in total. The van der Waals surface area contributed by atoms with Crippen LogP contribution in [0.25, 0.3) is 51.2 Å². The van der Waals surface area contributed by atoms with E-state index in [2.05, 4.69) is 427 Å². The van der Waals surface area contributed by atoms with Crippen LogP contribution >= 0.6 is 11.6 Å². The molecule has 738 valence electrons. The summed E-state index contributed by atoms with van der Waals surface area (Å²) in [5, 5.41) is 69.0. The van der Waals surface area contributed by atoms with Gasteiger partial charge in [-0.1, -0.05) is 277 Å². The van der Waals surface area contributed by atoms with Crippen molar-refractivity contribution in [3.63, 3.8) is 0 Å². The van der Waals surface area contributed by atoms with Crippen molar-refractivity contribution in [2.24, 2.45) is 0 Å². The molecule has 9 aromatic heterocycles. The molecule has 141 heavy (non-hydrogen) atoms. The molecule has 0 N–H and O–H groups in total. The lowest BCUT2D eigenvalue weighted by Crippen LogP contribution is -2.14. The molecule has 0 aliphatic heterocycles. The van der Waals surface area contributed by atoms with E-state index in [1.807, 2.05) is 68.4 Å². The highest BCUT2D eigenvalue weighted by Gasteiger charge is 2.25. The Balaban J connectivity index is 0.000000163. The van der Waals surface area contributed by atoms with Crippen LogP contribution in [-0.4, -0.2) is 133 Å². The zero-order chi connectivity index (χ0) is 103. The number of para-hydroxylation sites is 1. The first-order chi connectivity index (χ1) is 66.1. The smallest absolute Gasteiger partial charge is 0.147 e. The largest absolute Gasteiger partial charge is 0.288 e. The van der Waals surface area contributed by atoms with Crippen molar-refractivity contribution in [2.75, 3.05) is 0 Å². The molecule has 0 unspecified atom stereocenters. The molecule has 0 fully saturated rings. The zero-order valence-electron chi connectivity index (χ0n) is 87.4. The molecular formula is C111H138ClF2N27. The molecule has 0 aliphatic carbocycles. The number of halogens is 3. The Morgan fingerprint density at radius 3 is 0.936 bits per heavy atom. The first-order valence-electron chi connectivity index (χ1n) is 46.8. The third-order valence-electron chi connectivity index (χ3n) is 23.0. The van der Waals surface area contributed by atoms with Gasteiger partial charge in [0.2, 0.25) is 0 Å². The molecule has 18 rings (SSSR count). The first kappa shape index (κ1) is 108. The van der Waals surface area contributed by atoms with Crippen molar-refractivity contribution in [3.8, 4) is 51.2 Å². The number of nitrogens with zero attached hydrogens (tertiary/aromatic N) is 27. The summed E-state index contributed by atoms with van der Waals surface area (Å²) in [6, 6.07) is 60.8. The van der Waals surface area contributed by atoms with Gasteiger partial charge in [-0.15, -0.1) is 91.8 Å². The van der Waals surface area contributed by atoms with Crippen LogP contribution in [0.2, 0.25) is 5.02 Å². The lowest BCUT2D eigenvalue weighted by atomic mass is 9.83. The van der Waals surface area contributed by atoms with Gasteiger partial charge in [0.1, 0.15) is 126 Å². The van der Waals surface area contributed by atoms with Crippen LogP contribution in [0.5, 0.6) is 0 Å². The second-order valence-electron chi connectivity index (χ2n) is 43.7. The Morgan fingerprint density at radius 2 is 0.511 bits per heavy atom. The van der Waals surface area contributed by atoms with E-state index in [1.165, 1.54) is 74.9 Å². The van der Waals surface area contributed by atoms with Crippen molar-refractivity contribution in [1.29, 1.82) is 0 Å². The monoisotopic (exact) mass is 1920 g/mol. The van der Waals surface area contributed by atoms with E-state index >= 15 is 0 Å². The fourth-order valence-corrected chi connectivity index (χ4v) is 15.0. The number of aromatic nitrogens is 27. The maximum absolute atomic E-state index is 13.6. The van der Waals surface area contributed by atoms with Gasteiger partial charge in [-0.05, 0) is 239 Å². The molecule has 0 radical (unpaired) electrons. The van der Waals surface area contributed by atoms with Crippen LogP contribution < -0.4 is 0 Å². The predicted octanol–water partition coefficient (Wildman–Crippen LogP) is 24.9. The van der Waals surface area contributed by atoms with Crippen LogP contribution in [0.1, 0.15) is 254 Å². The van der Waals surface area contributed by atoms with Gasteiger partial charge in [0, 0.05) is 27.8 Å². The topological polar surface area (TPSA) is 276 Å². The van der Waals surface area contributed by atoms with Gasteiger partial charge in [-0.25, -0.2) is 8.78 Å². The maximum atomic E-state index is 13.6. The molecule has 9 aromatic carbocycles. The third-order valence-corrected chi connectivity index (χ3v) is 23.3. The molecule has 0 bridgehead atoms. The van der Waals surface area contributed by atoms with Gasteiger partial charge in [0.05, 0.1) is 28.4 Å². The Labute approximate surface area is 835 Å². The minimum atomic E-state index is -0.271. The number of hydrogen-bond acceptors (Lipinski definition) is 18. The number of benzene rings is 9. The molecule has 18 aromatic rings. The Kier molecular flexibility index (Phi) is 35.7.